The maximum absolute atomic E-state index is 13.5. The van der Waals surface area contributed by atoms with Gasteiger partial charge in [0.15, 0.2) is 10.8 Å². The number of hydrogen-bond acceptors (Lipinski definition) is 8. The highest BCUT2D eigenvalue weighted by atomic mass is 32.1. The number of anilines is 1. The fraction of sp³-hybridized carbons (Fsp3) is 0.395. The van der Waals surface area contributed by atoms with Crippen molar-refractivity contribution < 1.29 is 19.4 Å². The van der Waals surface area contributed by atoms with Crippen LogP contribution in [0.4, 0.5) is 5.13 Å². The number of rotatable bonds is 9. The summed E-state index contributed by atoms with van der Waals surface area (Å²) in [6, 6.07) is 18.6. The molecule has 0 aliphatic heterocycles. The molecule has 2 atom stereocenters. The van der Waals surface area contributed by atoms with Gasteiger partial charge < -0.3 is 9.84 Å². The Labute approximate surface area is 318 Å². The maximum Gasteiger partial charge on any atom is 0.355 e. The molecule has 4 aliphatic rings. The number of thiazole rings is 1. The Morgan fingerprint density at radius 2 is 1.70 bits per heavy atom. The van der Waals surface area contributed by atoms with Crippen LogP contribution in [-0.2, 0) is 11.3 Å². The van der Waals surface area contributed by atoms with Crippen LogP contribution in [-0.4, -0.2) is 53.4 Å². The highest BCUT2D eigenvalue weighted by Crippen LogP contribution is 2.72. The first-order valence-electron chi connectivity index (χ1n) is 18.7. The van der Waals surface area contributed by atoms with E-state index in [1.165, 1.54) is 17.8 Å². The van der Waals surface area contributed by atoms with Crippen molar-refractivity contribution in [3.8, 4) is 22.4 Å². The second-order valence-electron chi connectivity index (χ2n) is 17.3. The average Bonchev–Trinajstić information content (AvgIpc) is 3.66. The normalized spacial score (nSPS) is 25.9. The summed E-state index contributed by atoms with van der Waals surface area (Å²) >= 11 is 1.41. The maximum atomic E-state index is 13.5. The van der Waals surface area contributed by atoms with Crippen LogP contribution < -0.4 is 5.32 Å². The SMILES string of the molecule is Cc1c(-c2ccc(-c3ccc4nccc(C(=O)Nc5nc6ccccc6s5)c4c3)nc2C(=O)O)cnn1CC12CC3(C)CC(C)(C1)CC(OC(C)C)(C3)C2. The molecule has 1 amide bonds. The van der Waals surface area contributed by atoms with Gasteiger partial charge in [-0.15, -0.1) is 0 Å². The van der Waals surface area contributed by atoms with Crippen LogP contribution in [0.5, 0.6) is 0 Å². The number of carboxylic acid groups (broad SMARTS) is 1. The monoisotopic (exact) mass is 740 g/mol. The van der Waals surface area contributed by atoms with Crippen molar-refractivity contribution in [2.75, 3.05) is 5.32 Å². The zero-order chi connectivity index (χ0) is 37.6. The molecule has 0 spiro atoms. The van der Waals surface area contributed by atoms with Gasteiger partial charge in [-0.05, 0) is 118 Å². The molecule has 4 bridgehead atoms. The van der Waals surface area contributed by atoms with E-state index in [0.29, 0.717) is 38.4 Å². The molecule has 4 saturated carbocycles. The van der Waals surface area contributed by atoms with Crippen molar-refractivity contribution in [1.82, 2.24) is 24.7 Å². The topological polar surface area (TPSA) is 132 Å². The number of para-hydroxylation sites is 1. The first kappa shape index (κ1) is 34.7. The number of aromatic nitrogens is 5. The Balaban J connectivity index is 1.02. The lowest BCUT2D eigenvalue weighted by molar-refractivity contribution is -0.258. The Morgan fingerprint density at radius 3 is 2.44 bits per heavy atom. The van der Waals surface area contributed by atoms with E-state index in [2.05, 4.69) is 47.7 Å². The van der Waals surface area contributed by atoms with Crippen LogP contribution in [0.1, 0.15) is 92.8 Å². The number of aromatic carboxylic acids is 1. The molecule has 276 valence electrons. The molecule has 0 saturated heterocycles. The molecule has 4 fully saturated rings. The third-order valence-electron chi connectivity index (χ3n) is 11.9. The number of nitrogens with zero attached hydrogens (tertiary/aromatic N) is 5. The molecule has 0 radical (unpaired) electrons. The zero-order valence-electron chi connectivity index (χ0n) is 31.3. The molecule has 6 aromatic rings. The Kier molecular flexibility index (Phi) is 7.89. The minimum atomic E-state index is -1.12. The molecule has 11 heteroatoms. The summed E-state index contributed by atoms with van der Waals surface area (Å²) in [6.07, 6.45) is 10.4. The summed E-state index contributed by atoms with van der Waals surface area (Å²) in [4.78, 5) is 40.1. The number of nitrogens with one attached hydrogen (secondary N) is 1. The van der Waals surface area contributed by atoms with Crippen molar-refractivity contribution in [2.24, 2.45) is 16.2 Å². The molecule has 2 unspecified atom stereocenters. The molecule has 2 aromatic carbocycles. The van der Waals surface area contributed by atoms with E-state index in [0.717, 1.165) is 60.1 Å². The van der Waals surface area contributed by atoms with Crippen LogP contribution >= 0.6 is 11.3 Å². The molecular formula is C43H44N6O4S. The predicted molar refractivity (Wildman–Crippen MR) is 211 cm³/mol. The molecular weight excluding hydrogens is 697 g/mol. The Morgan fingerprint density at radius 1 is 0.926 bits per heavy atom. The van der Waals surface area contributed by atoms with Crippen LogP contribution in [0, 0.1) is 23.2 Å². The van der Waals surface area contributed by atoms with Gasteiger partial charge in [-0.3, -0.25) is 19.8 Å². The number of benzene rings is 2. The van der Waals surface area contributed by atoms with E-state index >= 15 is 0 Å². The van der Waals surface area contributed by atoms with E-state index in [1.54, 1.807) is 18.5 Å². The molecule has 4 heterocycles. The number of pyridine rings is 2. The van der Waals surface area contributed by atoms with Gasteiger partial charge in [0.05, 0.1) is 44.9 Å². The summed E-state index contributed by atoms with van der Waals surface area (Å²) < 4.78 is 9.86. The number of amides is 1. The zero-order valence-corrected chi connectivity index (χ0v) is 32.1. The van der Waals surface area contributed by atoms with Crippen molar-refractivity contribution in [3.05, 3.63) is 90.0 Å². The van der Waals surface area contributed by atoms with Crippen LogP contribution in [0.25, 0.3) is 43.5 Å². The first-order chi connectivity index (χ1) is 25.7. The predicted octanol–water partition coefficient (Wildman–Crippen LogP) is 9.57. The second kappa shape index (κ2) is 12.3. The van der Waals surface area contributed by atoms with E-state index in [-0.39, 0.29) is 39.6 Å². The number of fused-ring (bicyclic) bond motifs is 2. The largest absolute Gasteiger partial charge is 0.476 e. The van der Waals surface area contributed by atoms with Gasteiger partial charge in [0.25, 0.3) is 5.91 Å². The summed E-state index contributed by atoms with van der Waals surface area (Å²) in [5, 5.41) is 19.4. The summed E-state index contributed by atoms with van der Waals surface area (Å²) in [7, 11) is 0. The lowest BCUT2D eigenvalue weighted by Gasteiger charge is -2.69. The quantitative estimate of drug-likeness (QED) is 0.150. The smallest absolute Gasteiger partial charge is 0.355 e. The average molecular weight is 741 g/mol. The Hall–Kier alpha value is -5.00. The molecule has 54 heavy (non-hydrogen) atoms. The fourth-order valence-electron chi connectivity index (χ4n) is 11.4. The van der Waals surface area contributed by atoms with Gasteiger partial charge in [0.2, 0.25) is 0 Å². The van der Waals surface area contributed by atoms with Gasteiger partial charge in [0.1, 0.15) is 0 Å². The molecule has 10 rings (SSSR count). The summed E-state index contributed by atoms with van der Waals surface area (Å²) in [5.74, 6) is -1.42. The fourth-order valence-corrected chi connectivity index (χ4v) is 12.3. The Bertz CT molecular complexity index is 2450. The number of carboxylic acids is 1. The minimum absolute atomic E-state index is 0.0469. The lowest BCUT2D eigenvalue weighted by Crippen LogP contribution is -2.64. The number of hydrogen-bond donors (Lipinski definition) is 2. The van der Waals surface area contributed by atoms with Crippen molar-refractivity contribution in [3.63, 3.8) is 0 Å². The summed E-state index contributed by atoms with van der Waals surface area (Å²) in [6.45, 7) is 12.0. The minimum Gasteiger partial charge on any atom is -0.476 e. The molecule has 2 N–H and O–H groups in total. The van der Waals surface area contributed by atoms with Crippen LogP contribution in [0.3, 0.4) is 0 Å². The van der Waals surface area contributed by atoms with Gasteiger partial charge in [0, 0.05) is 40.5 Å². The third kappa shape index (κ3) is 5.98. The number of carbonyl (C=O) groups excluding carboxylic acids is 1. The van der Waals surface area contributed by atoms with Gasteiger partial charge in [-0.2, -0.15) is 5.10 Å². The van der Waals surface area contributed by atoms with E-state index in [1.807, 2.05) is 61.5 Å². The summed E-state index contributed by atoms with van der Waals surface area (Å²) in [5.41, 5.74) is 5.64. The molecule has 4 aliphatic carbocycles. The lowest BCUT2D eigenvalue weighted by atomic mass is 9.39. The van der Waals surface area contributed by atoms with Gasteiger partial charge in [-0.1, -0.05) is 43.4 Å². The van der Waals surface area contributed by atoms with E-state index in [4.69, 9.17) is 14.8 Å². The van der Waals surface area contributed by atoms with E-state index < -0.39 is 5.97 Å². The van der Waals surface area contributed by atoms with Gasteiger partial charge in [-0.25, -0.2) is 14.8 Å². The standard InChI is InChI=1S/C43H44N6O4S/c1-25(2)53-43-21-40(4)18-41(5,22-43)20-42(19-40,23-43)24-49-26(3)31(17-45-49)28-11-13-32(46-36(28)38(51)52)27-10-12-33-30(16-27)29(14-15-44-33)37(50)48-39-47-34-8-6-7-9-35(34)54-39/h6-17,25H,18-24H2,1-5H3,(H,51,52)(H,47,48,50). The second-order valence-corrected chi connectivity index (χ2v) is 18.3. The molecule has 10 nitrogen and oxygen atoms in total. The first-order valence-corrected chi connectivity index (χ1v) is 19.6. The van der Waals surface area contributed by atoms with Crippen molar-refractivity contribution in [1.29, 1.82) is 0 Å². The van der Waals surface area contributed by atoms with Crippen molar-refractivity contribution >= 4 is 49.5 Å². The van der Waals surface area contributed by atoms with Crippen molar-refractivity contribution in [2.45, 2.75) is 91.4 Å². The van der Waals surface area contributed by atoms with E-state index in [9.17, 15) is 14.7 Å². The highest BCUT2D eigenvalue weighted by molar-refractivity contribution is 7.22. The number of carbonyl (C=O) groups is 2. The molecule has 4 aromatic heterocycles. The van der Waals surface area contributed by atoms with Gasteiger partial charge >= 0.3 is 5.97 Å². The number of ether oxygens (including phenoxy) is 1. The highest BCUT2D eigenvalue weighted by Gasteiger charge is 2.66. The third-order valence-corrected chi connectivity index (χ3v) is 12.9. The van der Waals surface area contributed by atoms with Crippen LogP contribution in [0.15, 0.2) is 73.1 Å². The van der Waals surface area contributed by atoms with Crippen LogP contribution in [0.2, 0.25) is 0 Å².